The van der Waals surface area contributed by atoms with Gasteiger partial charge in [0, 0.05) is 24.4 Å². The van der Waals surface area contributed by atoms with Gasteiger partial charge in [0.2, 0.25) is 0 Å². The zero-order valence-corrected chi connectivity index (χ0v) is 17.0. The molecular weight excluding hydrogens is 396 g/mol. The molecule has 0 spiro atoms. The van der Waals surface area contributed by atoms with Crippen LogP contribution in [0.5, 0.6) is 11.5 Å². The molecule has 2 aromatic heterocycles. The lowest BCUT2D eigenvalue weighted by atomic mass is 10.1. The van der Waals surface area contributed by atoms with Crippen LogP contribution in [-0.4, -0.2) is 40.4 Å². The summed E-state index contributed by atoms with van der Waals surface area (Å²) in [5.74, 6) is 2.25. The Bertz CT molecular complexity index is 1050. The zero-order valence-electron chi connectivity index (χ0n) is 15.4. The Balaban J connectivity index is 1.40. The van der Waals surface area contributed by atoms with Gasteiger partial charge < -0.3 is 19.4 Å². The average Bonchev–Trinajstić information content (AvgIpc) is 3.34. The van der Waals surface area contributed by atoms with E-state index in [1.54, 1.807) is 0 Å². The molecule has 0 unspecified atom stereocenters. The van der Waals surface area contributed by atoms with E-state index in [1.807, 2.05) is 41.8 Å². The van der Waals surface area contributed by atoms with Crippen molar-refractivity contribution in [1.29, 1.82) is 0 Å². The quantitative estimate of drug-likeness (QED) is 0.602. The summed E-state index contributed by atoms with van der Waals surface area (Å²) in [6, 6.07) is 9.63. The van der Waals surface area contributed by atoms with E-state index in [0.717, 1.165) is 34.3 Å². The number of aromatic amines is 1. The van der Waals surface area contributed by atoms with Crippen molar-refractivity contribution in [3.05, 3.63) is 45.8 Å². The average molecular weight is 417 g/mol. The van der Waals surface area contributed by atoms with Gasteiger partial charge in [-0.15, -0.1) is 11.3 Å². The highest BCUT2D eigenvalue weighted by Crippen LogP contribution is 2.36. The van der Waals surface area contributed by atoms with E-state index in [2.05, 4.69) is 15.5 Å². The van der Waals surface area contributed by atoms with Crippen molar-refractivity contribution >= 4 is 29.5 Å². The summed E-state index contributed by atoms with van der Waals surface area (Å²) >= 11 is 6.63. The number of carbonyl (C=O) groups is 1. The van der Waals surface area contributed by atoms with E-state index >= 15 is 0 Å². The van der Waals surface area contributed by atoms with Gasteiger partial charge in [-0.05, 0) is 55.0 Å². The summed E-state index contributed by atoms with van der Waals surface area (Å²) in [6.45, 7) is 4.38. The van der Waals surface area contributed by atoms with E-state index in [9.17, 15) is 4.79 Å². The van der Waals surface area contributed by atoms with Crippen molar-refractivity contribution in [2.24, 2.45) is 0 Å². The molecule has 2 N–H and O–H groups in total. The lowest BCUT2D eigenvalue weighted by Gasteiger charge is -2.18. The predicted octanol–water partition coefficient (Wildman–Crippen LogP) is 3.43. The first-order valence-corrected chi connectivity index (χ1v) is 10.3. The van der Waals surface area contributed by atoms with Crippen molar-refractivity contribution < 1.29 is 14.3 Å². The van der Waals surface area contributed by atoms with Crippen molar-refractivity contribution in [3.8, 4) is 21.9 Å². The summed E-state index contributed by atoms with van der Waals surface area (Å²) in [5.41, 5.74) is 1.01. The molecule has 3 aromatic rings. The molecule has 1 aliphatic rings. The Labute approximate surface area is 171 Å². The Morgan fingerprint density at radius 3 is 2.93 bits per heavy atom. The molecular formula is C19H20N4O3S2. The molecule has 0 aliphatic carbocycles. The number of rotatable bonds is 6. The van der Waals surface area contributed by atoms with Gasteiger partial charge in [0.15, 0.2) is 16.3 Å². The van der Waals surface area contributed by atoms with Gasteiger partial charge in [-0.25, -0.2) is 0 Å². The largest absolute Gasteiger partial charge is 0.486 e. The maximum atomic E-state index is 12.5. The minimum Gasteiger partial charge on any atom is -0.486 e. The van der Waals surface area contributed by atoms with Crippen molar-refractivity contribution in [2.45, 2.75) is 19.9 Å². The molecule has 0 radical (unpaired) electrons. The summed E-state index contributed by atoms with van der Waals surface area (Å²) in [7, 11) is 0. The second-order valence-electron chi connectivity index (χ2n) is 6.22. The highest BCUT2D eigenvalue weighted by molar-refractivity contribution is 7.71. The summed E-state index contributed by atoms with van der Waals surface area (Å²) in [4.78, 5) is 14.1. The van der Waals surface area contributed by atoms with Gasteiger partial charge in [0.05, 0.1) is 4.88 Å². The minimum absolute atomic E-state index is 0.0917. The van der Waals surface area contributed by atoms with Crippen molar-refractivity contribution in [1.82, 2.24) is 20.1 Å². The number of amides is 1. The Kier molecular flexibility index (Phi) is 5.45. The number of aromatic nitrogens is 3. The van der Waals surface area contributed by atoms with Crippen molar-refractivity contribution in [3.63, 3.8) is 0 Å². The number of benzene rings is 1. The SMILES string of the molecule is CCn1c(CCNC(=O)c2ccc(-c3ccc4c(c3)OCCO4)s2)n[nH]c1=S. The first-order valence-electron chi connectivity index (χ1n) is 9.08. The molecule has 1 amide bonds. The third-order valence-corrected chi connectivity index (χ3v) is 5.89. The van der Waals surface area contributed by atoms with Crippen molar-refractivity contribution in [2.75, 3.05) is 19.8 Å². The van der Waals surface area contributed by atoms with E-state index < -0.39 is 0 Å². The first kappa shape index (κ1) is 18.7. The Hall–Kier alpha value is -2.65. The monoisotopic (exact) mass is 416 g/mol. The fourth-order valence-corrected chi connectivity index (χ4v) is 4.25. The third kappa shape index (κ3) is 3.81. The van der Waals surface area contributed by atoms with Crippen LogP contribution in [-0.2, 0) is 13.0 Å². The second kappa shape index (κ2) is 8.15. The second-order valence-corrected chi connectivity index (χ2v) is 7.69. The minimum atomic E-state index is -0.0917. The number of nitrogens with one attached hydrogen (secondary N) is 2. The number of hydrogen-bond donors (Lipinski definition) is 2. The molecule has 3 heterocycles. The lowest BCUT2D eigenvalue weighted by Crippen LogP contribution is -2.25. The van der Waals surface area contributed by atoms with Crippen LogP contribution >= 0.6 is 23.6 Å². The number of thiophene rings is 1. The molecule has 1 aromatic carbocycles. The lowest BCUT2D eigenvalue weighted by molar-refractivity contribution is 0.0958. The fourth-order valence-electron chi connectivity index (χ4n) is 3.05. The van der Waals surface area contributed by atoms with Gasteiger partial charge in [-0.3, -0.25) is 9.89 Å². The molecule has 0 saturated heterocycles. The van der Waals surface area contributed by atoms with E-state index in [1.165, 1.54) is 11.3 Å². The van der Waals surface area contributed by atoms with Crippen LogP contribution in [0.2, 0.25) is 0 Å². The number of carbonyl (C=O) groups excluding carboxylic acids is 1. The summed E-state index contributed by atoms with van der Waals surface area (Å²) in [6.07, 6.45) is 0.618. The molecule has 0 atom stereocenters. The van der Waals surface area contributed by atoms with Gasteiger partial charge in [0.1, 0.15) is 19.0 Å². The molecule has 4 rings (SSSR count). The van der Waals surface area contributed by atoms with E-state index in [0.29, 0.717) is 35.8 Å². The molecule has 146 valence electrons. The third-order valence-electron chi connectivity index (χ3n) is 4.44. The highest BCUT2D eigenvalue weighted by Gasteiger charge is 2.15. The standard InChI is InChI=1S/C19H20N4O3S2/c1-2-23-17(21-22-19(23)27)7-8-20-18(24)16-6-5-15(28-16)12-3-4-13-14(11-12)26-10-9-25-13/h3-6,11H,2,7-10H2,1H3,(H,20,24)(H,22,27). The Morgan fingerprint density at radius 2 is 2.11 bits per heavy atom. The normalized spacial score (nSPS) is 12.8. The van der Waals surface area contributed by atoms with E-state index in [-0.39, 0.29) is 5.91 Å². The number of fused-ring (bicyclic) bond motifs is 1. The van der Waals surface area contributed by atoms with Crippen LogP contribution in [0.3, 0.4) is 0 Å². The maximum absolute atomic E-state index is 12.5. The number of H-pyrrole nitrogens is 1. The highest BCUT2D eigenvalue weighted by atomic mass is 32.1. The fraction of sp³-hybridized carbons (Fsp3) is 0.316. The van der Waals surface area contributed by atoms with Crippen LogP contribution in [0.1, 0.15) is 22.4 Å². The van der Waals surface area contributed by atoms with Gasteiger partial charge >= 0.3 is 0 Å². The smallest absolute Gasteiger partial charge is 0.261 e. The Morgan fingerprint density at radius 1 is 1.29 bits per heavy atom. The number of hydrogen-bond acceptors (Lipinski definition) is 6. The number of nitrogens with zero attached hydrogens (tertiary/aromatic N) is 2. The van der Waals surface area contributed by atoms with Crippen LogP contribution in [0.4, 0.5) is 0 Å². The van der Waals surface area contributed by atoms with Crippen LogP contribution in [0, 0.1) is 4.77 Å². The summed E-state index contributed by atoms with van der Waals surface area (Å²) < 4.78 is 13.7. The van der Waals surface area contributed by atoms with Crippen LogP contribution in [0.25, 0.3) is 10.4 Å². The van der Waals surface area contributed by atoms with Gasteiger partial charge in [-0.1, -0.05) is 0 Å². The first-order chi connectivity index (χ1) is 13.7. The zero-order chi connectivity index (χ0) is 19.5. The predicted molar refractivity (Wildman–Crippen MR) is 110 cm³/mol. The van der Waals surface area contributed by atoms with E-state index in [4.69, 9.17) is 21.7 Å². The van der Waals surface area contributed by atoms with Crippen LogP contribution < -0.4 is 14.8 Å². The molecule has 0 saturated carbocycles. The molecule has 28 heavy (non-hydrogen) atoms. The van der Waals surface area contributed by atoms with Gasteiger partial charge in [-0.2, -0.15) is 5.10 Å². The summed E-state index contributed by atoms with van der Waals surface area (Å²) in [5, 5.41) is 9.95. The number of ether oxygens (including phenoxy) is 2. The molecule has 0 fully saturated rings. The molecule has 7 nitrogen and oxygen atoms in total. The molecule has 0 bridgehead atoms. The maximum Gasteiger partial charge on any atom is 0.261 e. The molecule has 1 aliphatic heterocycles. The molecule has 9 heteroatoms. The van der Waals surface area contributed by atoms with Crippen LogP contribution in [0.15, 0.2) is 30.3 Å². The topological polar surface area (TPSA) is 81.2 Å². The van der Waals surface area contributed by atoms with Gasteiger partial charge in [0.25, 0.3) is 5.91 Å².